The zero-order chi connectivity index (χ0) is 28.2. The predicted octanol–water partition coefficient (Wildman–Crippen LogP) is 5.49. The van der Waals surface area contributed by atoms with E-state index in [1.54, 1.807) is 66.7 Å². The largest absolute Gasteiger partial charge is 0.457 e. The first-order chi connectivity index (χ1) is 19.3. The normalized spacial score (nSPS) is 16.3. The highest BCUT2D eigenvalue weighted by Gasteiger charge is 2.37. The minimum Gasteiger partial charge on any atom is -0.457 e. The summed E-state index contributed by atoms with van der Waals surface area (Å²) in [4.78, 5) is 51.5. The summed E-state index contributed by atoms with van der Waals surface area (Å²) >= 11 is 0. The summed E-state index contributed by atoms with van der Waals surface area (Å²) in [5.74, 6) is 0.188. The fraction of sp³-hybridized carbons (Fsp3) is 0.290. The van der Waals surface area contributed by atoms with Crippen molar-refractivity contribution in [3.05, 3.63) is 83.4 Å². The first-order valence-corrected chi connectivity index (χ1v) is 13.4. The van der Waals surface area contributed by atoms with Gasteiger partial charge >= 0.3 is 0 Å². The van der Waals surface area contributed by atoms with Crippen LogP contribution in [0.5, 0.6) is 11.5 Å². The number of rotatable bonds is 9. The van der Waals surface area contributed by atoms with Crippen molar-refractivity contribution in [1.82, 2.24) is 4.90 Å². The number of carbonyl (C=O) groups is 4. The molecule has 1 unspecified atom stereocenters. The highest BCUT2D eigenvalue weighted by molar-refractivity contribution is 6.21. The molecule has 206 valence electrons. The lowest BCUT2D eigenvalue weighted by atomic mass is 10.1. The number of benzene rings is 3. The Morgan fingerprint density at radius 2 is 1.55 bits per heavy atom. The maximum atomic E-state index is 12.9. The van der Waals surface area contributed by atoms with Crippen LogP contribution < -0.4 is 15.4 Å². The standard InChI is InChI=1S/C31H31N3O6/c1-19(2)16-28(35)32-21-7-5-20(6-8-21)29(36)33-22-9-11-23(12-10-22)40-24-13-14-26-27(17-24)31(38)34(30(26)37)18-25-4-3-15-39-25/h5-14,17,19,25H,3-4,15-16,18H2,1-2H3,(H,32,35)(H,33,36). The van der Waals surface area contributed by atoms with Gasteiger partial charge in [-0.25, -0.2) is 0 Å². The molecule has 3 aromatic rings. The third-order valence-corrected chi connectivity index (χ3v) is 6.72. The average molecular weight is 542 g/mol. The van der Waals surface area contributed by atoms with E-state index in [1.165, 1.54) is 4.90 Å². The molecule has 0 spiro atoms. The summed E-state index contributed by atoms with van der Waals surface area (Å²) < 4.78 is 11.5. The fourth-order valence-corrected chi connectivity index (χ4v) is 4.72. The molecular weight excluding hydrogens is 510 g/mol. The molecule has 1 fully saturated rings. The number of anilines is 2. The fourth-order valence-electron chi connectivity index (χ4n) is 4.72. The Hall–Kier alpha value is -4.50. The first kappa shape index (κ1) is 27.1. The first-order valence-electron chi connectivity index (χ1n) is 13.4. The van der Waals surface area contributed by atoms with Crippen molar-refractivity contribution in [1.29, 1.82) is 0 Å². The molecule has 9 heteroatoms. The van der Waals surface area contributed by atoms with E-state index in [0.717, 1.165) is 12.8 Å². The van der Waals surface area contributed by atoms with Crippen LogP contribution in [0.1, 0.15) is 64.2 Å². The number of fused-ring (bicyclic) bond motifs is 1. The third kappa shape index (κ3) is 6.21. The van der Waals surface area contributed by atoms with Crippen molar-refractivity contribution in [2.24, 2.45) is 5.92 Å². The molecule has 0 saturated carbocycles. The molecule has 4 amide bonds. The average Bonchev–Trinajstić information content (AvgIpc) is 3.52. The summed E-state index contributed by atoms with van der Waals surface area (Å²) in [7, 11) is 0. The topological polar surface area (TPSA) is 114 Å². The van der Waals surface area contributed by atoms with Gasteiger partial charge in [0, 0.05) is 30.0 Å². The van der Waals surface area contributed by atoms with Gasteiger partial charge in [-0.05, 0) is 85.5 Å². The van der Waals surface area contributed by atoms with Crippen LogP contribution in [0.2, 0.25) is 0 Å². The number of hydrogen-bond acceptors (Lipinski definition) is 6. The Morgan fingerprint density at radius 3 is 2.23 bits per heavy atom. The molecule has 2 aliphatic heterocycles. The highest BCUT2D eigenvalue weighted by Crippen LogP contribution is 2.31. The summed E-state index contributed by atoms with van der Waals surface area (Å²) in [5, 5.41) is 5.66. The van der Waals surface area contributed by atoms with Crippen LogP contribution in [0.25, 0.3) is 0 Å². The molecule has 9 nitrogen and oxygen atoms in total. The molecule has 1 saturated heterocycles. The molecule has 0 aromatic heterocycles. The second-order valence-corrected chi connectivity index (χ2v) is 10.4. The zero-order valence-electron chi connectivity index (χ0n) is 22.4. The Labute approximate surface area is 232 Å². The monoisotopic (exact) mass is 541 g/mol. The molecule has 2 N–H and O–H groups in total. The van der Waals surface area contributed by atoms with E-state index in [0.29, 0.717) is 52.6 Å². The van der Waals surface area contributed by atoms with E-state index < -0.39 is 0 Å². The lowest BCUT2D eigenvalue weighted by molar-refractivity contribution is -0.116. The number of nitrogens with zero attached hydrogens (tertiary/aromatic N) is 1. The van der Waals surface area contributed by atoms with Gasteiger partial charge in [-0.3, -0.25) is 24.1 Å². The van der Waals surface area contributed by atoms with Crippen LogP contribution in [-0.2, 0) is 9.53 Å². The van der Waals surface area contributed by atoms with Crippen molar-refractivity contribution >= 4 is 35.0 Å². The van der Waals surface area contributed by atoms with Crippen molar-refractivity contribution in [2.45, 2.75) is 39.2 Å². The Balaban J connectivity index is 1.17. The van der Waals surface area contributed by atoms with Crippen molar-refractivity contribution < 1.29 is 28.7 Å². The SMILES string of the molecule is CC(C)CC(=O)Nc1ccc(C(=O)Nc2ccc(Oc3ccc4c(c3)C(=O)N(CC3CCCO3)C4=O)cc2)cc1. The molecule has 0 radical (unpaired) electrons. The third-order valence-electron chi connectivity index (χ3n) is 6.72. The van der Waals surface area contributed by atoms with Gasteiger partial charge in [0.15, 0.2) is 0 Å². The Bertz CT molecular complexity index is 1430. The number of ether oxygens (including phenoxy) is 2. The van der Waals surface area contributed by atoms with E-state index >= 15 is 0 Å². The molecule has 0 aliphatic carbocycles. The van der Waals surface area contributed by atoms with Gasteiger partial charge < -0.3 is 20.1 Å². The molecular formula is C31H31N3O6. The number of imide groups is 1. The van der Waals surface area contributed by atoms with Crippen LogP contribution in [0.4, 0.5) is 11.4 Å². The molecule has 40 heavy (non-hydrogen) atoms. The second-order valence-electron chi connectivity index (χ2n) is 10.4. The zero-order valence-corrected chi connectivity index (χ0v) is 22.4. The number of carbonyl (C=O) groups excluding carboxylic acids is 4. The summed E-state index contributed by atoms with van der Waals surface area (Å²) in [6, 6.07) is 18.4. The van der Waals surface area contributed by atoms with Crippen molar-refractivity contribution in [3.63, 3.8) is 0 Å². The van der Waals surface area contributed by atoms with Gasteiger partial charge in [0.05, 0.1) is 23.8 Å². The van der Waals surface area contributed by atoms with E-state index in [-0.39, 0.29) is 42.2 Å². The van der Waals surface area contributed by atoms with E-state index in [2.05, 4.69) is 10.6 Å². The smallest absolute Gasteiger partial charge is 0.261 e. The second kappa shape index (κ2) is 11.7. The molecule has 2 heterocycles. The van der Waals surface area contributed by atoms with Crippen LogP contribution >= 0.6 is 0 Å². The highest BCUT2D eigenvalue weighted by atomic mass is 16.5. The minimum absolute atomic E-state index is 0.0640. The van der Waals surface area contributed by atoms with Crippen LogP contribution in [-0.4, -0.2) is 47.8 Å². The van der Waals surface area contributed by atoms with Crippen LogP contribution in [0.15, 0.2) is 66.7 Å². The van der Waals surface area contributed by atoms with Gasteiger partial charge in [-0.2, -0.15) is 0 Å². The van der Waals surface area contributed by atoms with Crippen molar-refractivity contribution in [2.75, 3.05) is 23.8 Å². The molecule has 0 bridgehead atoms. The quantitative estimate of drug-likeness (QED) is 0.346. The van der Waals surface area contributed by atoms with E-state index in [1.807, 2.05) is 13.8 Å². The molecule has 1 atom stereocenters. The summed E-state index contributed by atoms with van der Waals surface area (Å²) in [6.07, 6.45) is 2.09. The lowest BCUT2D eigenvalue weighted by Gasteiger charge is -2.17. The predicted molar refractivity (Wildman–Crippen MR) is 150 cm³/mol. The maximum absolute atomic E-state index is 12.9. The maximum Gasteiger partial charge on any atom is 0.261 e. The van der Waals surface area contributed by atoms with Gasteiger partial charge in [-0.1, -0.05) is 13.8 Å². The van der Waals surface area contributed by atoms with Crippen LogP contribution in [0, 0.1) is 5.92 Å². The van der Waals surface area contributed by atoms with Gasteiger partial charge in [0.1, 0.15) is 11.5 Å². The minimum atomic E-state index is -0.343. The van der Waals surface area contributed by atoms with Crippen molar-refractivity contribution in [3.8, 4) is 11.5 Å². The molecule has 2 aliphatic rings. The van der Waals surface area contributed by atoms with Gasteiger partial charge in [-0.15, -0.1) is 0 Å². The number of nitrogens with one attached hydrogen (secondary N) is 2. The van der Waals surface area contributed by atoms with Gasteiger partial charge in [0.25, 0.3) is 17.7 Å². The van der Waals surface area contributed by atoms with Crippen LogP contribution in [0.3, 0.4) is 0 Å². The molecule has 3 aromatic carbocycles. The Morgan fingerprint density at radius 1 is 0.900 bits per heavy atom. The lowest BCUT2D eigenvalue weighted by Crippen LogP contribution is -2.36. The number of amides is 4. The molecule has 5 rings (SSSR count). The number of hydrogen-bond donors (Lipinski definition) is 2. The Kier molecular flexibility index (Phi) is 7.93. The van der Waals surface area contributed by atoms with E-state index in [4.69, 9.17) is 9.47 Å². The van der Waals surface area contributed by atoms with Gasteiger partial charge in [0.2, 0.25) is 5.91 Å². The van der Waals surface area contributed by atoms with E-state index in [9.17, 15) is 19.2 Å². The summed E-state index contributed by atoms with van der Waals surface area (Å²) in [6.45, 7) is 4.87. The summed E-state index contributed by atoms with van der Waals surface area (Å²) in [5.41, 5.74) is 2.34.